The van der Waals surface area contributed by atoms with E-state index in [0.29, 0.717) is 13.0 Å². The van der Waals surface area contributed by atoms with Crippen LogP contribution in [-0.2, 0) is 11.3 Å². The van der Waals surface area contributed by atoms with Crippen LogP contribution in [0.2, 0.25) is 0 Å². The van der Waals surface area contributed by atoms with Gasteiger partial charge in [-0.3, -0.25) is 4.79 Å². The lowest BCUT2D eigenvalue weighted by Gasteiger charge is -2.25. The van der Waals surface area contributed by atoms with Gasteiger partial charge in [0.1, 0.15) is 5.82 Å². The predicted molar refractivity (Wildman–Crippen MR) is 124 cm³/mol. The molecule has 5 rings (SSSR count). The topological polar surface area (TPSA) is 38.1 Å². The number of hydrogen-bond donors (Lipinski definition) is 0. The summed E-state index contributed by atoms with van der Waals surface area (Å²) in [5, 5.41) is 0. The second-order valence-corrected chi connectivity index (χ2v) is 8.57. The lowest BCUT2D eigenvalue weighted by molar-refractivity contribution is -0.129. The molecule has 31 heavy (non-hydrogen) atoms. The number of fused-ring (bicyclic) bond motifs is 1. The first-order valence-electron chi connectivity index (χ1n) is 11.0. The van der Waals surface area contributed by atoms with Crippen molar-refractivity contribution in [2.24, 2.45) is 0 Å². The highest BCUT2D eigenvalue weighted by Crippen LogP contribution is 2.35. The van der Waals surface area contributed by atoms with E-state index in [2.05, 4.69) is 73.0 Å². The van der Waals surface area contributed by atoms with Crippen LogP contribution in [-0.4, -0.2) is 26.9 Å². The summed E-state index contributed by atoms with van der Waals surface area (Å²) in [4.78, 5) is 20.0. The quantitative estimate of drug-likeness (QED) is 0.438. The van der Waals surface area contributed by atoms with Crippen molar-refractivity contribution in [1.82, 2.24) is 14.5 Å². The first-order valence-corrected chi connectivity index (χ1v) is 11.0. The molecule has 1 fully saturated rings. The molecule has 3 aromatic carbocycles. The van der Waals surface area contributed by atoms with Crippen LogP contribution in [0.5, 0.6) is 0 Å². The third-order valence-electron chi connectivity index (χ3n) is 6.38. The van der Waals surface area contributed by atoms with Crippen molar-refractivity contribution in [3.8, 4) is 0 Å². The minimum Gasteiger partial charge on any atom is -0.335 e. The van der Waals surface area contributed by atoms with Crippen molar-refractivity contribution in [2.75, 3.05) is 6.54 Å². The molecule has 2 unspecified atom stereocenters. The van der Waals surface area contributed by atoms with Crippen LogP contribution in [0.25, 0.3) is 11.0 Å². The van der Waals surface area contributed by atoms with Crippen molar-refractivity contribution >= 4 is 16.9 Å². The maximum Gasteiger partial charge on any atom is 0.223 e. The van der Waals surface area contributed by atoms with Crippen LogP contribution in [0.1, 0.15) is 47.8 Å². The summed E-state index contributed by atoms with van der Waals surface area (Å²) in [6.07, 6.45) is 0.508. The zero-order valence-corrected chi connectivity index (χ0v) is 18.0. The largest absolute Gasteiger partial charge is 0.335 e. The summed E-state index contributed by atoms with van der Waals surface area (Å²) >= 11 is 0. The minimum absolute atomic E-state index is 0.0632. The Morgan fingerprint density at radius 2 is 1.77 bits per heavy atom. The highest BCUT2D eigenvalue weighted by Gasteiger charge is 2.36. The molecular formula is C27H27N3O. The summed E-state index contributed by atoms with van der Waals surface area (Å²) in [5.41, 5.74) is 5.79. The normalized spacial score (nSPS) is 17.4. The summed E-state index contributed by atoms with van der Waals surface area (Å²) in [6, 6.07) is 27.2. The van der Waals surface area contributed by atoms with Crippen LogP contribution in [0.15, 0.2) is 78.9 Å². The third-order valence-corrected chi connectivity index (χ3v) is 6.38. The van der Waals surface area contributed by atoms with Crippen molar-refractivity contribution < 1.29 is 4.79 Å². The molecule has 0 N–H and O–H groups in total. The van der Waals surface area contributed by atoms with Crippen LogP contribution in [0.3, 0.4) is 0 Å². The average molecular weight is 410 g/mol. The number of carbonyl (C=O) groups is 1. The van der Waals surface area contributed by atoms with Gasteiger partial charge in [-0.1, -0.05) is 72.3 Å². The van der Waals surface area contributed by atoms with E-state index >= 15 is 0 Å². The van der Waals surface area contributed by atoms with Gasteiger partial charge < -0.3 is 9.47 Å². The van der Waals surface area contributed by atoms with E-state index in [4.69, 9.17) is 4.98 Å². The molecule has 1 amide bonds. The van der Waals surface area contributed by atoms with Crippen molar-refractivity contribution in [3.63, 3.8) is 0 Å². The fraction of sp³-hybridized carbons (Fsp3) is 0.259. The standard InChI is InChI=1S/C27H27N3O/c1-19-9-8-10-21(15-19)17-30-25-14-7-6-13-24(25)28-27(30)23-16-26(31)29(18-23)20(2)22-11-4-3-5-12-22/h3-15,20,23H,16-18H2,1-2H3. The second-order valence-electron chi connectivity index (χ2n) is 8.57. The Balaban J connectivity index is 1.49. The molecule has 1 saturated heterocycles. The maximum absolute atomic E-state index is 13.0. The Morgan fingerprint density at radius 1 is 1.00 bits per heavy atom. The molecule has 1 aliphatic rings. The van der Waals surface area contributed by atoms with Gasteiger partial charge in [0.15, 0.2) is 0 Å². The fourth-order valence-corrected chi connectivity index (χ4v) is 4.76. The Bertz CT molecular complexity index is 1230. The van der Waals surface area contributed by atoms with E-state index in [1.54, 1.807) is 0 Å². The summed E-state index contributed by atoms with van der Waals surface area (Å²) in [7, 11) is 0. The number of amides is 1. The van der Waals surface area contributed by atoms with Crippen LogP contribution in [0, 0.1) is 6.92 Å². The van der Waals surface area contributed by atoms with Gasteiger partial charge in [-0.25, -0.2) is 4.98 Å². The number of benzene rings is 3. The minimum atomic E-state index is 0.0632. The number of rotatable bonds is 5. The molecule has 4 heteroatoms. The Morgan fingerprint density at radius 3 is 2.58 bits per heavy atom. The second kappa shape index (κ2) is 8.03. The van der Waals surface area contributed by atoms with Gasteiger partial charge in [0.25, 0.3) is 0 Å². The number of aryl methyl sites for hydroxylation is 1. The van der Waals surface area contributed by atoms with E-state index in [-0.39, 0.29) is 17.9 Å². The number of imidazole rings is 1. The summed E-state index contributed by atoms with van der Waals surface area (Å²) < 4.78 is 2.30. The molecule has 0 radical (unpaired) electrons. The van der Waals surface area contributed by atoms with Crippen molar-refractivity contribution in [3.05, 3.63) is 101 Å². The number of nitrogens with zero attached hydrogens (tertiary/aromatic N) is 3. The van der Waals surface area contributed by atoms with Crippen LogP contribution in [0.4, 0.5) is 0 Å². The SMILES string of the molecule is Cc1cccc(Cn2c(C3CC(=O)N(C(C)c4ccccc4)C3)nc3ccccc32)c1. The van der Waals surface area contributed by atoms with Crippen LogP contribution < -0.4 is 0 Å². The highest BCUT2D eigenvalue weighted by atomic mass is 16.2. The summed E-state index contributed by atoms with van der Waals surface area (Å²) in [6.45, 7) is 5.70. The molecule has 1 aliphatic heterocycles. The zero-order valence-electron chi connectivity index (χ0n) is 18.0. The van der Waals surface area contributed by atoms with Gasteiger partial charge in [-0.05, 0) is 37.1 Å². The molecular weight excluding hydrogens is 382 g/mol. The Hall–Kier alpha value is -3.40. The van der Waals surface area contributed by atoms with Gasteiger partial charge in [0.2, 0.25) is 5.91 Å². The lowest BCUT2D eigenvalue weighted by atomic mass is 10.1. The summed E-state index contributed by atoms with van der Waals surface area (Å²) in [5.74, 6) is 1.31. The molecule has 0 saturated carbocycles. The highest BCUT2D eigenvalue weighted by molar-refractivity contribution is 5.81. The monoisotopic (exact) mass is 409 g/mol. The van der Waals surface area contributed by atoms with Gasteiger partial charge in [-0.15, -0.1) is 0 Å². The van der Waals surface area contributed by atoms with Crippen LogP contribution >= 0.6 is 0 Å². The van der Waals surface area contributed by atoms with Gasteiger partial charge >= 0.3 is 0 Å². The molecule has 0 bridgehead atoms. The smallest absolute Gasteiger partial charge is 0.223 e. The van der Waals surface area contributed by atoms with E-state index in [9.17, 15) is 4.79 Å². The maximum atomic E-state index is 13.0. The molecule has 1 aromatic heterocycles. The lowest BCUT2D eigenvalue weighted by Crippen LogP contribution is -2.28. The van der Waals surface area contributed by atoms with E-state index in [0.717, 1.165) is 23.4 Å². The average Bonchev–Trinajstić information content (AvgIpc) is 3.35. The number of aromatic nitrogens is 2. The third kappa shape index (κ3) is 3.74. The molecule has 4 nitrogen and oxygen atoms in total. The number of hydrogen-bond acceptors (Lipinski definition) is 2. The molecule has 0 spiro atoms. The first kappa shape index (κ1) is 19.6. The number of para-hydroxylation sites is 2. The molecule has 2 heterocycles. The van der Waals surface area contributed by atoms with Gasteiger partial charge in [-0.2, -0.15) is 0 Å². The Labute approximate surface area is 183 Å². The Kier molecular flexibility index (Phi) is 5.06. The fourth-order valence-electron chi connectivity index (χ4n) is 4.76. The molecule has 2 atom stereocenters. The zero-order chi connectivity index (χ0) is 21.4. The predicted octanol–water partition coefficient (Wildman–Crippen LogP) is 5.47. The van der Waals surface area contributed by atoms with Gasteiger partial charge in [0.05, 0.1) is 17.1 Å². The number of carbonyl (C=O) groups excluding carboxylic acids is 1. The first-order chi connectivity index (χ1) is 15.1. The van der Waals surface area contributed by atoms with Crippen molar-refractivity contribution in [1.29, 1.82) is 0 Å². The number of likely N-dealkylation sites (tertiary alicyclic amines) is 1. The molecule has 156 valence electrons. The van der Waals surface area contributed by atoms with Gasteiger partial charge in [0, 0.05) is 25.4 Å². The van der Waals surface area contributed by atoms with E-state index in [1.165, 1.54) is 16.7 Å². The molecule has 0 aliphatic carbocycles. The molecule has 4 aromatic rings. The van der Waals surface area contributed by atoms with E-state index in [1.807, 2.05) is 29.2 Å². The van der Waals surface area contributed by atoms with Crippen molar-refractivity contribution in [2.45, 2.75) is 38.8 Å². The van der Waals surface area contributed by atoms with E-state index < -0.39 is 0 Å².